The van der Waals surface area contributed by atoms with E-state index >= 15 is 0 Å². The van der Waals surface area contributed by atoms with Gasteiger partial charge in [0.15, 0.2) is 11.6 Å². The first-order valence-electron chi connectivity index (χ1n) is 5.29. The van der Waals surface area contributed by atoms with Crippen molar-refractivity contribution < 1.29 is 9.59 Å². The Morgan fingerprint density at radius 1 is 1.22 bits per heavy atom. The van der Waals surface area contributed by atoms with Crippen LogP contribution in [0.15, 0.2) is 46.0 Å². The molecular weight excluding hydrogens is 292 g/mol. The van der Waals surface area contributed by atoms with Gasteiger partial charge >= 0.3 is 0 Å². The fourth-order valence-electron chi connectivity index (χ4n) is 1.86. The van der Waals surface area contributed by atoms with Crippen molar-refractivity contribution in [2.24, 2.45) is 0 Å². The molecule has 0 fully saturated rings. The van der Waals surface area contributed by atoms with Crippen molar-refractivity contribution in [2.45, 2.75) is 6.92 Å². The quantitative estimate of drug-likeness (QED) is 0.746. The summed E-state index contributed by atoms with van der Waals surface area (Å²) in [5.41, 5.74) is 1.65. The minimum Gasteiger partial charge on any atom is -0.289 e. The predicted molar refractivity (Wildman–Crippen MR) is 73.6 cm³/mol. The molecule has 1 aliphatic rings. The summed E-state index contributed by atoms with van der Waals surface area (Å²) in [4.78, 5) is 24.4. The normalized spacial score (nSPS) is 15.5. The molecule has 0 spiro atoms. The van der Waals surface area contributed by atoms with Gasteiger partial charge in [0, 0.05) is 22.3 Å². The molecule has 0 heterocycles. The first-order chi connectivity index (χ1) is 8.56. The maximum Gasteiger partial charge on any atom is 0.194 e. The van der Waals surface area contributed by atoms with Gasteiger partial charge in [-0.25, -0.2) is 0 Å². The lowest BCUT2D eigenvalue weighted by molar-refractivity contribution is 0.0978. The van der Waals surface area contributed by atoms with Gasteiger partial charge in [-0.1, -0.05) is 30.2 Å². The van der Waals surface area contributed by atoms with E-state index in [1.165, 1.54) is 6.08 Å². The molecule has 0 atom stereocenters. The zero-order chi connectivity index (χ0) is 13.3. The average molecular weight is 301 g/mol. The maximum atomic E-state index is 12.3. The van der Waals surface area contributed by atoms with Gasteiger partial charge in [-0.3, -0.25) is 9.59 Å². The Morgan fingerprint density at radius 2 is 1.78 bits per heavy atom. The molecule has 0 unspecified atom stereocenters. The Labute approximate surface area is 114 Å². The highest BCUT2D eigenvalue weighted by Crippen LogP contribution is 2.27. The number of carbonyl (C=O) groups excluding carboxylic acids is 2. The highest BCUT2D eigenvalue weighted by molar-refractivity contribution is 9.12. The molecule has 0 saturated carbocycles. The van der Waals surface area contributed by atoms with Crippen LogP contribution in [0, 0.1) is 12.3 Å². The molecule has 0 aliphatic heterocycles. The van der Waals surface area contributed by atoms with Gasteiger partial charge in [-0.05, 0) is 28.9 Å². The predicted octanol–water partition coefficient (Wildman–Crippen LogP) is 3.29. The zero-order valence-electron chi connectivity index (χ0n) is 9.66. The van der Waals surface area contributed by atoms with Gasteiger partial charge in [0.1, 0.15) is 0 Å². The SMILES string of the molecule is C#C/C(Br)=C\C1=C(C)C(=O)c2ccccc2C1=O. The summed E-state index contributed by atoms with van der Waals surface area (Å²) in [6.07, 6.45) is 6.74. The number of fused-ring (bicyclic) bond motifs is 1. The molecule has 1 aromatic rings. The number of Topliss-reactive ketones (excluding diaryl/α,β-unsaturated/α-hetero) is 2. The Balaban J connectivity index is 2.65. The zero-order valence-corrected chi connectivity index (χ0v) is 11.2. The molecule has 0 bridgehead atoms. The standard InChI is InChI=1S/C15H9BrO2/c1-3-10(16)8-13-9(2)14(17)11-6-4-5-7-12(11)15(13)18/h1,4-8H,2H3/b10-8+. The molecule has 88 valence electrons. The van der Waals surface area contributed by atoms with Crippen LogP contribution in [0.3, 0.4) is 0 Å². The summed E-state index contributed by atoms with van der Waals surface area (Å²) >= 11 is 3.15. The molecule has 1 aliphatic carbocycles. The maximum absolute atomic E-state index is 12.3. The second kappa shape index (κ2) is 4.75. The minimum atomic E-state index is -0.171. The summed E-state index contributed by atoms with van der Waals surface area (Å²) in [5.74, 6) is 2.07. The lowest BCUT2D eigenvalue weighted by Gasteiger charge is -2.16. The largest absolute Gasteiger partial charge is 0.289 e. The third kappa shape index (κ3) is 1.96. The molecule has 18 heavy (non-hydrogen) atoms. The van der Waals surface area contributed by atoms with Gasteiger partial charge < -0.3 is 0 Å². The summed E-state index contributed by atoms with van der Waals surface area (Å²) in [6, 6.07) is 6.80. The van der Waals surface area contributed by atoms with Crippen LogP contribution in [0.5, 0.6) is 0 Å². The average Bonchev–Trinajstić information content (AvgIpc) is 2.40. The topological polar surface area (TPSA) is 34.1 Å². The van der Waals surface area contributed by atoms with Crippen molar-refractivity contribution in [2.75, 3.05) is 0 Å². The van der Waals surface area contributed by atoms with E-state index in [0.29, 0.717) is 26.8 Å². The number of terminal acetylenes is 1. The first-order valence-corrected chi connectivity index (χ1v) is 6.08. The fourth-order valence-corrected chi connectivity index (χ4v) is 2.09. The van der Waals surface area contributed by atoms with Crippen molar-refractivity contribution >= 4 is 27.5 Å². The van der Waals surface area contributed by atoms with Gasteiger partial charge in [-0.15, -0.1) is 6.42 Å². The minimum absolute atomic E-state index is 0.131. The molecule has 2 nitrogen and oxygen atoms in total. The van der Waals surface area contributed by atoms with Crippen LogP contribution >= 0.6 is 15.9 Å². The van der Waals surface area contributed by atoms with E-state index < -0.39 is 0 Å². The van der Waals surface area contributed by atoms with E-state index in [4.69, 9.17) is 6.42 Å². The molecule has 0 saturated heterocycles. The van der Waals surface area contributed by atoms with E-state index in [2.05, 4.69) is 21.9 Å². The molecule has 0 N–H and O–H groups in total. The van der Waals surface area contributed by atoms with Gasteiger partial charge in [0.25, 0.3) is 0 Å². The third-order valence-electron chi connectivity index (χ3n) is 2.81. The van der Waals surface area contributed by atoms with Crippen LogP contribution in [-0.4, -0.2) is 11.6 Å². The Bertz CT molecular complexity index is 657. The van der Waals surface area contributed by atoms with Crippen LogP contribution in [0.2, 0.25) is 0 Å². The highest BCUT2D eigenvalue weighted by atomic mass is 79.9. The van der Waals surface area contributed by atoms with E-state index in [1.807, 2.05) is 0 Å². The molecule has 2 rings (SSSR count). The molecule has 0 amide bonds. The van der Waals surface area contributed by atoms with Crippen LogP contribution in [0.4, 0.5) is 0 Å². The number of hydrogen-bond donors (Lipinski definition) is 0. The van der Waals surface area contributed by atoms with Gasteiger partial charge in [0.05, 0.1) is 4.48 Å². The lowest BCUT2D eigenvalue weighted by atomic mass is 9.84. The van der Waals surface area contributed by atoms with Crippen molar-refractivity contribution in [3.8, 4) is 12.3 Å². The van der Waals surface area contributed by atoms with E-state index in [9.17, 15) is 9.59 Å². The Morgan fingerprint density at radius 3 is 2.33 bits per heavy atom. The molecular formula is C15H9BrO2. The van der Waals surface area contributed by atoms with Crippen molar-refractivity contribution in [3.63, 3.8) is 0 Å². The third-order valence-corrected chi connectivity index (χ3v) is 3.27. The number of benzene rings is 1. The van der Waals surface area contributed by atoms with Gasteiger partial charge in [0.2, 0.25) is 0 Å². The molecule has 0 radical (unpaired) electrons. The van der Waals surface area contributed by atoms with Crippen molar-refractivity contribution in [3.05, 3.63) is 57.1 Å². The van der Waals surface area contributed by atoms with Crippen LogP contribution < -0.4 is 0 Å². The summed E-state index contributed by atoms with van der Waals surface area (Å²) in [5, 5.41) is 0. The van der Waals surface area contributed by atoms with E-state index in [1.54, 1.807) is 31.2 Å². The molecule has 1 aromatic carbocycles. The molecule has 3 heteroatoms. The number of halogens is 1. The summed E-state index contributed by atoms with van der Waals surface area (Å²) < 4.78 is 0.442. The molecule has 0 aromatic heterocycles. The summed E-state index contributed by atoms with van der Waals surface area (Å²) in [7, 11) is 0. The van der Waals surface area contributed by atoms with Crippen molar-refractivity contribution in [1.82, 2.24) is 0 Å². The monoisotopic (exact) mass is 300 g/mol. The van der Waals surface area contributed by atoms with E-state index in [0.717, 1.165) is 0 Å². The summed E-state index contributed by atoms with van der Waals surface area (Å²) in [6.45, 7) is 1.64. The number of carbonyl (C=O) groups is 2. The first kappa shape index (κ1) is 12.5. The van der Waals surface area contributed by atoms with Gasteiger partial charge in [-0.2, -0.15) is 0 Å². The van der Waals surface area contributed by atoms with E-state index in [-0.39, 0.29) is 11.6 Å². The van der Waals surface area contributed by atoms with Crippen LogP contribution in [0.1, 0.15) is 27.6 Å². The number of rotatable bonds is 1. The smallest absolute Gasteiger partial charge is 0.194 e. The Kier molecular flexibility index (Phi) is 3.31. The van der Waals surface area contributed by atoms with Crippen LogP contribution in [-0.2, 0) is 0 Å². The number of hydrogen-bond acceptors (Lipinski definition) is 2. The second-order valence-corrected chi connectivity index (χ2v) is 4.73. The lowest BCUT2D eigenvalue weighted by Crippen LogP contribution is -2.19. The van der Waals surface area contributed by atoms with Crippen molar-refractivity contribution in [1.29, 1.82) is 0 Å². The Hall–Kier alpha value is -1.92. The fraction of sp³-hybridized carbons (Fsp3) is 0.0667. The number of allylic oxidation sites excluding steroid dienone is 4. The highest BCUT2D eigenvalue weighted by Gasteiger charge is 2.28. The second-order valence-electron chi connectivity index (χ2n) is 3.88. The van der Waals surface area contributed by atoms with Crippen LogP contribution in [0.25, 0.3) is 0 Å². The number of ketones is 2.